The predicted octanol–water partition coefficient (Wildman–Crippen LogP) is 2.85. The Kier molecular flexibility index (Phi) is 6.29. The van der Waals surface area contributed by atoms with Crippen LogP contribution in [0.15, 0.2) is 35.2 Å². The van der Waals surface area contributed by atoms with E-state index in [0.29, 0.717) is 25.2 Å². The van der Waals surface area contributed by atoms with Crippen LogP contribution in [0.2, 0.25) is 0 Å². The van der Waals surface area contributed by atoms with Gasteiger partial charge in [0.25, 0.3) is 5.91 Å². The highest BCUT2D eigenvalue weighted by Crippen LogP contribution is 2.18. The van der Waals surface area contributed by atoms with Gasteiger partial charge in [-0.2, -0.15) is 11.3 Å². The number of thiophene rings is 1. The van der Waals surface area contributed by atoms with Gasteiger partial charge in [-0.05, 0) is 54.8 Å². The van der Waals surface area contributed by atoms with Gasteiger partial charge in [-0.15, -0.1) is 0 Å². The van der Waals surface area contributed by atoms with Gasteiger partial charge in [-0.25, -0.2) is 9.78 Å². The molecule has 2 saturated heterocycles. The molecular weight excluding hydrogens is 386 g/mol. The number of likely N-dealkylation sites (tertiary alicyclic amines) is 1. The molecule has 0 saturated carbocycles. The minimum absolute atomic E-state index is 0.0272. The number of pyridine rings is 1. The SMILES string of the molecule is O=C(NC1CCN(C(=O)NCc2ccnc(N3CCCC3)c2)CC1)c1ccsc1. The van der Waals surface area contributed by atoms with Gasteiger partial charge >= 0.3 is 6.03 Å². The van der Waals surface area contributed by atoms with Crippen LogP contribution in [0.5, 0.6) is 0 Å². The molecule has 154 valence electrons. The molecule has 7 nitrogen and oxygen atoms in total. The van der Waals surface area contributed by atoms with E-state index < -0.39 is 0 Å². The number of hydrogen-bond acceptors (Lipinski definition) is 5. The lowest BCUT2D eigenvalue weighted by Gasteiger charge is -2.32. The fraction of sp³-hybridized carbons (Fsp3) is 0.476. The van der Waals surface area contributed by atoms with Crippen LogP contribution in [0, 0.1) is 0 Å². The van der Waals surface area contributed by atoms with Gasteiger partial charge < -0.3 is 20.4 Å². The zero-order valence-electron chi connectivity index (χ0n) is 16.5. The number of nitrogens with zero attached hydrogens (tertiary/aromatic N) is 3. The first kappa shape index (κ1) is 19.7. The molecule has 2 aromatic heterocycles. The molecule has 8 heteroatoms. The number of hydrogen-bond donors (Lipinski definition) is 2. The van der Waals surface area contributed by atoms with Gasteiger partial charge in [0, 0.05) is 55.9 Å². The van der Waals surface area contributed by atoms with Gasteiger partial charge in [-0.1, -0.05) is 0 Å². The minimum Gasteiger partial charge on any atom is -0.357 e. The maximum atomic E-state index is 12.5. The van der Waals surface area contributed by atoms with Gasteiger partial charge in [0.2, 0.25) is 0 Å². The fourth-order valence-corrected chi connectivity index (χ4v) is 4.50. The van der Waals surface area contributed by atoms with Gasteiger partial charge in [0.05, 0.1) is 0 Å². The first-order chi connectivity index (χ1) is 14.2. The summed E-state index contributed by atoms with van der Waals surface area (Å²) in [6, 6.07) is 5.92. The van der Waals surface area contributed by atoms with E-state index in [2.05, 4.69) is 26.6 Å². The summed E-state index contributed by atoms with van der Waals surface area (Å²) in [7, 11) is 0. The molecule has 0 unspecified atom stereocenters. The van der Waals surface area contributed by atoms with Crippen molar-refractivity contribution in [2.75, 3.05) is 31.1 Å². The lowest BCUT2D eigenvalue weighted by Crippen LogP contribution is -2.49. The topological polar surface area (TPSA) is 77.6 Å². The maximum absolute atomic E-state index is 12.5. The maximum Gasteiger partial charge on any atom is 0.317 e. The van der Waals surface area contributed by atoms with Crippen molar-refractivity contribution in [2.45, 2.75) is 38.3 Å². The Bertz CT molecular complexity index is 827. The number of rotatable bonds is 5. The Balaban J connectivity index is 1.22. The summed E-state index contributed by atoms with van der Waals surface area (Å²) in [6.07, 6.45) is 5.80. The Morgan fingerprint density at radius 3 is 2.66 bits per heavy atom. The number of aromatic nitrogens is 1. The van der Waals surface area contributed by atoms with Crippen molar-refractivity contribution in [1.29, 1.82) is 0 Å². The van der Waals surface area contributed by atoms with Crippen LogP contribution >= 0.6 is 11.3 Å². The number of carbonyl (C=O) groups excluding carboxylic acids is 2. The summed E-state index contributed by atoms with van der Waals surface area (Å²) in [5.41, 5.74) is 1.77. The van der Waals surface area contributed by atoms with E-state index in [9.17, 15) is 9.59 Å². The van der Waals surface area contributed by atoms with Crippen molar-refractivity contribution >= 4 is 29.1 Å². The molecule has 4 heterocycles. The van der Waals surface area contributed by atoms with E-state index in [1.807, 2.05) is 34.0 Å². The third-order valence-electron chi connectivity index (χ3n) is 5.58. The van der Waals surface area contributed by atoms with Gasteiger partial charge in [0.15, 0.2) is 0 Å². The fourth-order valence-electron chi connectivity index (χ4n) is 3.87. The van der Waals surface area contributed by atoms with E-state index in [4.69, 9.17) is 0 Å². The highest BCUT2D eigenvalue weighted by molar-refractivity contribution is 7.08. The number of anilines is 1. The molecular formula is C21H27N5O2S. The third-order valence-corrected chi connectivity index (χ3v) is 6.27. The first-order valence-corrected chi connectivity index (χ1v) is 11.2. The molecule has 0 spiro atoms. The first-order valence-electron chi connectivity index (χ1n) is 10.2. The van der Waals surface area contributed by atoms with E-state index in [-0.39, 0.29) is 18.0 Å². The molecule has 0 bridgehead atoms. The number of nitrogens with one attached hydrogen (secondary N) is 2. The minimum atomic E-state index is -0.0489. The molecule has 2 aliphatic heterocycles. The van der Waals surface area contributed by atoms with Crippen molar-refractivity contribution in [2.24, 2.45) is 0 Å². The summed E-state index contributed by atoms with van der Waals surface area (Å²) in [4.78, 5) is 33.3. The molecule has 3 amide bonds. The van der Waals surface area contributed by atoms with Gasteiger partial charge in [0.1, 0.15) is 5.82 Å². The Labute approximate surface area is 175 Å². The molecule has 2 aliphatic rings. The summed E-state index contributed by atoms with van der Waals surface area (Å²) >= 11 is 1.52. The largest absolute Gasteiger partial charge is 0.357 e. The molecule has 0 radical (unpaired) electrons. The van der Waals surface area contributed by atoms with Crippen molar-refractivity contribution in [3.8, 4) is 0 Å². The van der Waals surface area contributed by atoms with Crippen LogP contribution in [-0.4, -0.2) is 54.0 Å². The van der Waals surface area contributed by atoms with Crippen LogP contribution in [-0.2, 0) is 6.54 Å². The summed E-state index contributed by atoms with van der Waals surface area (Å²) in [5.74, 6) is 0.970. The van der Waals surface area contributed by atoms with Crippen LogP contribution in [0.3, 0.4) is 0 Å². The average Bonchev–Trinajstić information content (AvgIpc) is 3.47. The van der Waals surface area contributed by atoms with E-state index in [1.165, 1.54) is 24.2 Å². The average molecular weight is 414 g/mol. The van der Waals surface area contributed by atoms with Crippen molar-refractivity contribution in [1.82, 2.24) is 20.5 Å². The zero-order chi connectivity index (χ0) is 20.1. The summed E-state index contributed by atoms with van der Waals surface area (Å²) in [5, 5.41) is 9.84. The number of urea groups is 1. The lowest BCUT2D eigenvalue weighted by molar-refractivity contribution is 0.0918. The second-order valence-electron chi connectivity index (χ2n) is 7.62. The van der Waals surface area contributed by atoms with Crippen molar-refractivity contribution in [3.63, 3.8) is 0 Å². The predicted molar refractivity (Wildman–Crippen MR) is 114 cm³/mol. The van der Waals surface area contributed by atoms with Crippen LogP contribution in [0.1, 0.15) is 41.6 Å². The molecule has 0 aromatic carbocycles. The quantitative estimate of drug-likeness (QED) is 0.790. The monoisotopic (exact) mass is 413 g/mol. The van der Waals surface area contributed by atoms with E-state index in [1.54, 1.807) is 0 Å². The summed E-state index contributed by atoms with van der Waals surface area (Å²) < 4.78 is 0. The Morgan fingerprint density at radius 1 is 1.14 bits per heavy atom. The second kappa shape index (κ2) is 9.26. The number of carbonyl (C=O) groups is 2. The van der Waals surface area contributed by atoms with Crippen LogP contribution < -0.4 is 15.5 Å². The molecule has 0 atom stereocenters. The Hall–Kier alpha value is -2.61. The molecule has 29 heavy (non-hydrogen) atoms. The smallest absolute Gasteiger partial charge is 0.317 e. The third kappa shape index (κ3) is 5.06. The zero-order valence-corrected chi connectivity index (χ0v) is 17.3. The highest BCUT2D eigenvalue weighted by atomic mass is 32.1. The standard InChI is InChI=1S/C21H27N5O2S/c27-20(17-6-12-29-15-17)24-18-4-10-26(11-5-18)21(28)23-14-16-3-7-22-19(13-16)25-8-1-2-9-25/h3,6-7,12-13,15,18H,1-2,4-5,8-11,14H2,(H,23,28)(H,24,27). The lowest BCUT2D eigenvalue weighted by atomic mass is 10.0. The molecule has 2 N–H and O–H groups in total. The summed E-state index contributed by atoms with van der Waals surface area (Å²) in [6.45, 7) is 3.91. The van der Waals surface area contributed by atoms with E-state index in [0.717, 1.165) is 37.3 Å². The second-order valence-corrected chi connectivity index (χ2v) is 8.40. The van der Waals surface area contributed by atoms with Crippen molar-refractivity contribution in [3.05, 3.63) is 46.3 Å². The highest BCUT2D eigenvalue weighted by Gasteiger charge is 2.24. The molecule has 2 fully saturated rings. The van der Waals surface area contributed by atoms with Crippen LogP contribution in [0.4, 0.5) is 10.6 Å². The van der Waals surface area contributed by atoms with E-state index >= 15 is 0 Å². The molecule has 4 rings (SSSR count). The molecule has 0 aliphatic carbocycles. The molecule has 2 aromatic rings. The number of amides is 3. The number of piperidine rings is 1. The Morgan fingerprint density at radius 2 is 1.93 bits per heavy atom. The van der Waals surface area contributed by atoms with Crippen molar-refractivity contribution < 1.29 is 9.59 Å². The van der Waals surface area contributed by atoms with Gasteiger partial charge in [-0.3, -0.25) is 4.79 Å². The van der Waals surface area contributed by atoms with Crippen LogP contribution in [0.25, 0.3) is 0 Å². The normalized spacial score (nSPS) is 17.4.